The first-order chi connectivity index (χ1) is 11.0. The van der Waals surface area contributed by atoms with Crippen molar-refractivity contribution in [2.24, 2.45) is 0 Å². The quantitative estimate of drug-likeness (QED) is 0.771. The minimum Gasteiger partial charge on any atom is -0.345 e. The second kappa shape index (κ2) is 4.91. The number of sulfonamides is 1. The van der Waals surface area contributed by atoms with Gasteiger partial charge >= 0.3 is 0 Å². The van der Waals surface area contributed by atoms with Crippen molar-refractivity contribution in [3.63, 3.8) is 0 Å². The molecule has 2 N–H and O–H groups in total. The third-order valence-electron chi connectivity index (χ3n) is 4.25. The van der Waals surface area contributed by atoms with Gasteiger partial charge in [0.1, 0.15) is 10.8 Å². The Balaban J connectivity index is 1.70. The fourth-order valence-electron chi connectivity index (χ4n) is 2.87. The summed E-state index contributed by atoms with van der Waals surface area (Å²) in [5, 5.41) is 0.593. The van der Waals surface area contributed by atoms with Crippen molar-refractivity contribution in [2.75, 3.05) is 0 Å². The van der Waals surface area contributed by atoms with E-state index in [9.17, 15) is 12.8 Å². The van der Waals surface area contributed by atoms with Gasteiger partial charge in [-0.1, -0.05) is 30.3 Å². The zero-order valence-electron chi connectivity index (χ0n) is 12.2. The van der Waals surface area contributed by atoms with Crippen LogP contribution in [0.3, 0.4) is 0 Å². The van der Waals surface area contributed by atoms with E-state index in [-0.39, 0.29) is 5.03 Å². The smallest absolute Gasteiger partial charge is 0.256 e. The molecule has 1 fully saturated rings. The zero-order valence-corrected chi connectivity index (χ0v) is 13.0. The maximum Gasteiger partial charge on any atom is 0.256 e. The molecule has 0 amide bonds. The molecule has 1 saturated carbocycles. The highest BCUT2D eigenvalue weighted by atomic mass is 32.2. The van der Waals surface area contributed by atoms with E-state index in [2.05, 4.69) is 9.71 Å². The molecule has 4 rings (SSSR count). The van der Waals surface area contributed by atoms with Gasteiger partial charge in [0.2, 0.25) is 0 Å². The molecule has 1 aliphatic carbocycles. The molecule has 0 saturated heterocycles. The lowest BCUT2D eigenvalue weighted by Gasteiger charge is -2.17. The average molecular weight is 330 g/mol. The van der Waals surface area contributed by atoms with E-state index in [0.29, 0.717) is 10.9 Å². The van der Waals surface area contributed by atoms with E-state index in [0.717, 1.165) is 18.4 Å². The van der Waals surface area contributed by atoms with Crippen LogP contribution in [0.25, 0.3) is 10.9 Å². The fraction of sp³-hybridized carbons (Fsp3) is 0.176. The molecule has 1 aliphatic rings. The molecule has 23 heavy (non-hydrogen) atoms. The molecule has 0 unspecified atom stereocenters. The van der Waals surface area contributed by atoms with Gasteiger partial charge in [-0.05, 0) is 42.7 Å². The van der Waals surface area contributed by atoms with Crippen LogP contribution in [0.1, 0.15) is 18.4 Å². The molecular formula is C17H15FN2O2S. The van der Waals surface area contributed by atoms with Crippen LogP contribution in [0.4, 0.5) is 4.39 Å². The highest BCUT2D eigenvalue weighted by Crippen LogP contribution is 2.46. The van der Waals surface area contributed by atoms with Crippen LogP contribution in [0.5, 0.6) is 0 Å². The molecule has 3 aromatic rings. The minimum absolute atomic E-state index is 0.0558. The first kappa shape index (κ1) is 14.4. The molecule has 1 aromatic heterocycles. The molecule has 0 radical (unpaired) electrons. The maximum absolute atomic E-state index is 13.3. The van der Waals surface area contributed by atoms with Crippen LogP contribution in [-0.4, -0.2) is 13.4 Å². The fourth-order valence-corrected chi connectivity index (χ4v) is 4.34. The lowest BCUT2D eigenvalue weighted by molar-refractivity contribution is 0.549. The molecule has 118 valence electrons. The topological polar surface area (TPSA) is 62.0 Å². The normalized spacial score (nSPS) is 16.6. The molecule has 6 heteroatoms. The number of rotatable bonds is 4. The van der Waals surface area contributed by atoms with Gasteiger partial charge in [-0.25, -0.2) is 12.8 Å². The summed E-state index contributed by atoms with van der Waals surface area (Å²) in [4.78, 5) is 2.85. The Kier molecular flexibility index (Phi) is 3.08. The van der Waals surface area contributed by atoms with Crippen LogP contribution in [-0.2, 0) is 15.6 Å². The third kappa shape index (κ3) is 2.54. The molecule has 0 aliphatic heterocycles. The number of hydrogen-bond acceptors (Lipinski definition) is 2. The van der Waals surface area contributed by atoms with Gasteiger partial charge in [-0.2, -0.15) is 4.72 Å². The summed E-state index contributed by atoms with van der Waals surface area (Å²) in [7, 11) is -3.71. The van der Waals surface area contributed by atoms with Crippen molar-refractivity contribution in [3.8, 4) is 0 Å². The average Bonchev–Trinajstić information content (AvgIpc) is 3.17. The van der Waals surface area contributed by atoms with E-state index in [1.54, 1.807) is 0 Å². The first-order valence-corrected chi connectivity index (χ1v) is 8.85. The standard InChI is InChI=1S/C17H15FN2O2S/c18-14-6-7-15-12(10-14)11-16(19-15)23(21,22)20-17(8-9-17)13-4-2-1-3-5-13/h1-7,10-11,19-20H,8-9H2. The number of hydrogen-bond donors (Lipinski definition) is 2. The summed E-state index contributed by atoms with van der Waals surface area (Å²) in [5.41, 5.74) is 1.03. The number of aromatic amines is 1. The summed E-state index contributed by atoms with van der Waals surface area (Å²) in [6, 6.07) is 15.2. The predicted molar refractivity (Wildman–Crippen MR) is 85.9 cm³/mol. The summed E-state index contributed by atoms with van der Waals surface area (Å²) < 4.78 is 41.4. The second-order valence-electron chi connectivity index (χ2n) is 5.92. The molecule has 0 atom stereocenters. The zero-order chi connectivity index (χ0) is 16.1. The predicted octanol–water partition coefficient (Wildman–Crippen LogP) is 3.27. The molecule has 0 bridgehead atoms. The van der Waals surface area contributed by atoms with Crippen molar-refractivity contribution in [1.29, 1.82) is 0 Å². The molecule has 4 nitrogen and oxygen atoms in total. The lowest BCUT2D eigenvalue weighted by atomic mass is 10.1. The van der Waals surface area contributed by atoms with Crippen LogP contribution in [0, 0.1) is 5.82 Å². The number of aromatic nitrogens is 1. The Hall–Kier alpha value is -2.18. The van der Waals surface area contributed by atoms with Gasteiger partial charge in [-0.3, -0.25) is 0 Å². The van der Waals surface area contributed by atoms with Gasteiger partial charge in [0.15, 0.2) is 0 Å². The summed E-state index contributed by atoms with van der Waals surface area (Å²) in [5.74, 6) is -0.392. The minimum atomic E-state index is -3.71. The van der Waals surface area contributed by atoms with Crippen molar-refractivity contribution in [1.82, 2.24) is 9.71 Å². The summed E-state index contributed by atoms with van der Waals surface area (Å²) in [6.07, 6.45) is 1.54. The van der Waals surface area contributed by atoms with Crippen molar-refractivity contribution >= 4 is 20.9 Å². The van der Waals surface area contributed by atoms with E-state index in [4.69, 9.17) is 0 Å². The monoisotopic (exact) mass is 330 g/mol. The van der Waals surface area contributed by atoms with Gasteiger partial charge in [0.25, 0.3) is 10.0 Å². The van der Waals surface area contributed by atoms with Crippen LogP contribution >= 0.6 is 0 Å². The van der Waals surface area contributed by atoms with Gasteiger partial charge < -0.3 is 4.98 Å². The van der Waals surface area contributed by atoms with Crippen molar-refractivity contribution < 1.29 is 12.8 Å². The van der Waals surface area contributed by atoms with Gasteiger partial charge in [-0.15, -0.1) is 0 Å². The van der Waals surface area contributed by atoms with E-state index >= 15 is 0 Å². The molecule has 2 aromatic carbocycles. The van der Waals surface area contributed by atoms with Crippen molar-refractivity contribution in [3.05, 3.63) is 66.0 Å². The Labute approximate surface area is 133 Å². The maximum atomic E-state index is 13.3. The van der Waals surface area contributed by atoms with Gasteiger partial charge in [0.05, 0.1) is 5.54 Å². The van der Waals surface area contributed by atoms with E-state index in [1.807, 2.05) is 30.3 Å². The summed E-state index contributed by atoms with van der Waals surface area (Å²) in [6.45, 7) is 0. The largest absolute Gasteiger partial charge is 0.345 e. The summed E-state index contributed by atoms with van der Waals surface area (Å²) >= 11 is 0. The lowest BCUT2D eigenvalue weighted by Crippen LogP contribution is -2.35. The SMILES string of the molecule is O=S(=O)(NC1(c2ccccc2)CC1)c1cc2cc(F)ccc2[nH]1. The highest BCUT2D eigenvalue weighted by molar-refractivity contribution is 7.89. The highest BCUT2D eigenvalue weighted by Gasteiger charge is 2.47. The molecule has 0 spiro atoms. The molecular weight excluding hydrogens is 315 g/mol. The van der Waals surface area contributed by atoms with Crippen LogP contribution in [0.15, 0.2) is 59.6 Å². The van der Waals surface area contributed by atoms with Gasteiger partial charge in [0, 0.05) is 10.9 Å². The number of fused-ring (bicyclic) bond motifs is 1. The second-order valence-corrected chi connectivity index (χ2v) is 7.57. The number of halogens is 1. The Morgan fingerprint density at radius 3 is 2.48 bits per heavy atom. The van der Waals surface area contributed by atoms with E-state index in [1.165, 1.54) is 24.3 Å². The van der Waals surface area contributed by atoms with Crippen molar-refractivity contribution in [2.45, 2.75) is 23.4 Å². The van der Waals surface area contributed by atoms with Crippen LogP contribution < -0.4 is 4.72 Å². The first-order valence-electron chi connectivity index (χ1n) is 7.36. The Bertz CT molecular complexity index is 976. The number of H-pyrrole nitrogens is 1. The molecule has 1 heterocycles. The Morgan fingerprint density at radius 1 is 1.04 bits per heavy atom. The Morgan fingerprint density at radius 2 is 1.78 bits per heavy atom. The third-order valence-corrected chi connectivity index (χ3v) is 5.71. The van der Waals surface area contributed by atoms with Crippen LogP contribution in [0.2, 0.25) is 0 Å². The number of benzene rings is 2. The van der Waals surface area contributed by atoms with E-state index < -0.39 is 21.4 Å². The number of nitrogens with one attached hydrogen (secondary N) is 2.